The van der Waals surface area contributed by atoms with Gasteiger partial charge in [0.2, 0.25) is 5.91 Å². The predicted molar refractivity (Wildman–Crippen MR) is 110 cm³/mol. The summed E-state index contributed by atoms with van der Waals surface area (Å²) in [4.78, 5) is 40.4. The molecule has 1 aliphatic carbocycles. The summed E-state index contributed by atoms with van der Waals surface area (Å²) in [6.45, 7) is 1.48. The first-order valence-corrected chi connectivity index (χ1v) is 10.9. The molecule has 1 aromatic carbocycles. The van der Waals surface area contributed by atoms with Crippen LogP contribution < -0.4 is 5.32 Å². The zero-order valence-electron chi connectivity index (χ0n) is 17.5. The van der Waals surface area contributed by atoms with Crippen molar-refractivity contribution in [3.63, 3.8) is 0 Å². The molecule has 1 N–H and O–H groups in total. The highest BCUT2D eigenvalue weighted by molar-refractivity contribution is 6.02. The maximum absolute atomic E-state index is 13.6. The molecule has 2 heterocycles. The van der Waals surface area contributed by atoms with Crippen molar-refractivity contribution in [2.45, 2.75) is 62.5 Å². The second-order valence-electron chi connectivity index (χ2n) is 8.50. The summed E-state index contributed by atoms with van der Waals surface area (Å²) in [5.74, 6) is -0.933. The van der Waals surface area contributed by atoms with Gasteiger partial charge in [0.25, 0.3) is 5.91 Å². The molecule has 1 saturated heterocycles. The molecule has 2 fully saturated rings. The minimum atomic E-state index is -0.535. The Hall–Kier alpha value is -2.41. The molecule has 2 aliphatic heterocycles. The van der Waals surface area contributed by atoms with E-state index in [-0.39, 0.29) is 36.9 Å². The summed E-state index contributed by atoms with van der Waals surface area (Å²) >= 11 is 0. The number of amides is 2. The van der Waals surface area contributed by atoms with Crippen molar-refractivity contribution >= 4 is 17.8 Å². The normalized spacial score (nSPS) is 24.7. The van der Waals surface area contributed by atoms with Gasteiger partial charge in [0.1, 0.15) is 0 Å². The number of nitrogens with one attached hydrogen (secondary N) is 1. The molecule has 2 atom stereocenters. The third-order valence-electron chi connectivity index (χ3n) is 6.82. The quantitative estimate of drug-likeness (QED) is 0.723. The van der Waals surface area contributed by atoms with E-state index >= 15 is 0 Å². The average molecular weight is 415 g/mol. The number of nitrogens with zero attached hydrogens (tertiary/aromatic N) is 1. The van der Waals surface area contributed by atoms with E-state index < -0.39 is 11.5 Å². The maximum atomic E-state index is 13.6. The van der Waals surface area contributed by atoms with E-state index in [0.29, 0.717) is 12.1 Å². The first-order chi connectivity index (χ1) is 14.6. The number of benzene rings is 1. The van der Waals surface area contributed by atoms with Crippen molar-refractivity contribution in [1.82, 2.24) is 10.2 Å². The summed E-state index contributed by atoms with van der Waals surface area (Å²) in [5.41, 5.74) is 0.858. The Labute approximate surface area is 177 Å². The van der Waals surface area contributed by atoms with Gasteiger partial charge >= 0.3 is 5.97 Å². The zero-order chi connectivity index (χ0) is 21.1. The molecule has 0 aromatic heterocycles. The minimum absolute atomic E-state index is 0.00149. The van der Waals surface area contributed by atoms with Crippen LogP contribution in [0.2, 0.25) is 0 Å². The Morgan fingerprint density at radius 2 is 2.00 bits per heavy atom. The van der Waals surface area contributed by atoms with E-state index in [1.807, 2.05) is 29.2 Å². The summed E-state index contributed by atoms with van der Waals surface area (Å²) in [6.07, 6.45) is 5.68. The molecule has 1 aromatic rings. The van der Waals surface area contributed by atoms with Gasteiger partial charge in [-0.3, -0.25) is 14.4 Å². The SMILES string of the molecule is COC(=O)CCNC(=O)C1c2ccccc2C(=O)N(CC2CCCO2)C12CCCC2. The number of fused-ring (bicyclic) bond motifs is 1. The lowest BCUT2D eigenvalue weighted by Gasteiger charge is -2.50. The van der Waals surface area contributed by atoms with E-state index in [9.17, 15) is 14.4 Å². The number of ether oxygens (including phenoxy) is 2. The van der Waals surface area contributed by atoms with Crippen molar-refractivity contribution in [1.29, 1.82) is 0 Å². The number of hydrogen-bond acceptors (Lipinski definition) is 5. The second kappa shape index (κ2) is 8.76. The highest BCUT2D eigenvalue weighted by Gasteiger charge is 2.55. The molecule has 1 spiro atoms. The summed E-state index contributed by atoms with van der Waals surface area (Å²) < 4.78 is 10.5. The van der Waals surface area contributed by atoms with Gasteiger partial charge in [0.05, 0.1) is 31.1 Å². The highest BCUT2D eigenvalue weighted by atomic mass is 16.5. The number of methoxy groups -OCH3 is 1. The third-order valence-corrected chi connectivity index (χ3v) is 6.82. The largest absolute Gasteiger partial charge is 0.469 e. The van der Waals surface area contributed by atoms with Crippen LogP contribution in [0, 0.1) is 0 Å². The smallest absolute Gasteiger partial charge is 0.307 e. The van der Waals surface area contributed by atoms with E-state index in [0.717, 1.165) is 50.7 Å². The van der Waals surface area contributed by atoms with E-state index in [2.05, 4.69) is 10.1 Å². The molecule has 0 bridgehead atoms. The maximum Gasteiger partial charge on any atom is 0.307 e. The van der Waals surface area contributed by atoms with Gasteiger partial charge in [0.15, 0.2) is 0 Å². The standard InChI is InChI=1S/C23H30N2O5/c1-29-19(26)10-13-24-21(27)20-17-8-2-3-9-18(17)22(28)25(15-16-7-6-14-30-16)23(20)11-4-5-12-23/h2-3,8-9,16,20H,4-7,10-15H2,1H3,(H,24,27). The monoisotopic (exact) mass is 414 g/mol. The number of hydrogen-bond donors (Lipinski definition) is 1. The zero-order valence-corrected chi connectivity index (χ0v) is 17.5. The lowest BCUT2D eigenvalue weighted by atomic mass is 9.71. The van der Waals surface area contributed by atoms with Crippen LogP contribution in [0.3, 0.4) is 0 Å². The van der Waals surface area contributed by atoms with Crippen LogP contribution in [0.25, 0.3) is 0 Å². The lowest BCUT2D eigenvalue weighted by Crippen LogP contribution is -2.62. The van der Waals surface area contributed by atoms with Crippen molar-refractivity contribution in [3.8, 4) is 0 Å². The van der Waals surface area contributed by atoms with Crippen molar-refractivity contribution in [2.24, 2.45) is 0 Å². The Bertz CT molecular complexity index is 812. The van der Waals surface area contributed by atoms with Gasteiger partial charge in [-0.15, -0.1) is 0 Å². The summed E-state index contributed by atoms with van der Waals surface area (Å²) in [7, 11) is 1.34. The summed E-state index contributed by atoms with van der Waals surface area (Å²) in [6, 6.07) is 7.46. The molecule has 0 radical (unpaired) electrons. The van der Waals surface area contributed by atoms with Gasteiger partial charge < -0.3 is 19.7 Å². The van der Waals surface area contributed by atoms with Gasteiger partial charge in [-0.1, -0.05) is 31.0 Å². The molecule has 3 aliphatic rings. The third kappa shape index (κ3) is 3.71. The Morgan fingerprint density at radius 1 is 1.23 bits per heavy atom. The molecule has 30 heavy (non-hydrogen) atoms. The lowest BCUT2D eigenvalue weighted by molar-refractivity contribution is -0.140. The second-order valence-corrected chi connectivity index (χ2v) is 8.50. The van der Waals surface area contributed by atoms with Crippen LogP contribution in [0.1, 0.15) is 66.8 Å². The number of rotatable bonds is 6. The van der Waals surface area contributed by atoms with E-state index in [1.165, 1.54) is 7.11 Å². The topological polar surface area (TPSA) is 84.9 Å². The predicted octanol–water partition coefficient (Wildman–Crippen LogP) is 2.40. The molecule has 2 unspecified atom stereocenters. The minimum Gasteiger partial charge on any atom is -0.469 e. The first-order valence-electron chi connectivity index (χ1n) is 10.9. The van der Waals surface area contributed by atoms with Crippen LogP contribution in [0.5, 0.6) is 0 Å². The van der Waals surface area contributed by atoms with Crippen LogP contribution in [0.4, 0.5) is 0 Å². The molecule has 1 saturated carbocycles. The molecule has 7 nitrogen and oxygen atoms in total. The number of esters is 1. The number of carbonyl (C=O) groups excluding carboxylic acids is 3. The van der Waals surface area contributed by atoms with Gasteiger partial charge in [-0.05, 0) is 37.3 Å². The summed E-state index contributed by atoms with van der Waals surface area (Å²) in [5, 5.41) is 2.93. The van der Waals surface area contributed by atoms with E-state index in [4.69, 9.17) is 4.74 Å². The Kier molecular flexibility index (Phi) is 6.09. The fourth-order valence-corrected chi connectivity index (χ4v) is 5.42. The average Bonchev–Trinajstić information content (AvgIpc) is 3.44. The fraction of sp³-hybridized carbons (Fsp3) is 0.609. The van der Waals surface area contributed by atoms with Crippen LogP contribution in [-0.4, -0.2) is 61.1 Å². The van der Waals surface area contributed by atoms with Crippen LogP contribution in [0.15, 0.2) is 24.3 Å². The van der Waals surface area contributed by atoms with Crippen molar-refractivity contribution in [2.75, 3.05) is 26.8 Å². The molecule has 4 rings (SSSR count). The molecular formula is C23H30N2O5. The van der Waals surface area contributed by atoms with Gasteiger partial charge in [-0.25, -0.2) is 0 Å². The first kappa shape index (κ1) is 20.8. The molecule has 162 valence electrons. The fourth-order valence-electron chi connectivity index (χ4n) is 5.42. The van der Waals surface area contributed by atoms with Gasteiger partial charge in [0, 0.05) is 25.3 Å². The van der Waals surface area contributed by atoms with Crippen LogP contribution >= 0.6 is 0 Å². The van der Waals surface area contributed by atoms with Crippen molar-refractivity contribution < 1.29 is 23.9 Å². The molecule has 7 heteroatoms. The highest BCUT2D eigenvalue weighted by Crippen LogP contribution is 2.50. The molecule has 2 amide bonds. The van der Waals surface area contributed by atoms with E-state index in [1.54, 1.807) is 0 Å². The van der Waals surface area contributed by atoms with Crippen molar-refractivity contribution in [3.05, 3.63) is 35.4 Å². The molecular weight excluding hydrogens is 384 g/mol. The Balaban J connectivity index is 1.67. The Morgan fingerprint density at radius 3 is 2.70 bits per heavy atom. The number of carbonyl (C=O) groups is 3. The van der Waals surface area contributed by atoms with Gasteiger partial charge in [-0.2, -0.15) is 0 Å². The van der Waals surface area contributed by atoms with Crippen LogP contribution in [-0.2, 0) is 19.1 Å².